The number of nitrogens with two attached hydrogens (primary N) is 1. The zero-order chi connectivity index (χ0) is 13.9. The van der Waals surface area contributed by atoms with Crippen molar-refractivity contribution in [3.63, 3.8) is 0 Å². The molecule has 0 aromatic heterocycles. The maximum absolute atomic E-state index is 13.2. The zero-order valence-corrected chi connectivity index (χ0v) is 10.8. The number of benzene rings is 1. The number of halogens is 1. The Morgan fingerprint density at radius 2 is 2.06 bits per heavy atom. The quantitative estimate of drug-likeness (QED) is 0.775. The minimum absolute atomic E-state index is 0.371. The third kappa shape index (κ3) is 3.70. The van der Waals surface area contributed by atoms with Crippen molar-refractivity contribution in [1.29, 1.82) is 0 Å². The maximum atomic E-state index is 13.2. The first-order chi connectivity index (χ1) is 8.21. The summed E-state index contributed by atoms with van der Waals surface area (Å²) in [6, 6.07) is 4.80. The SMILES string of the molecule is CC(C)(C)C(NC(=O)O)C(N)c1cccc(F)c1. The van der Waals surface area contributed by atoms with Crippen molar-refractivity contribution in [1.82, 2.24) is 5.32 Å². The number of hydrogen-bond acceptors (Lipinski definition) is 2. The van der Waals surface area contributed by atoms with Gasteiger partial charge in [0.2, 0.25) is 0 Å². The van der Waals surface area contributed by atoms with Gasteiger partial charge in [0, 0.05) is 0 Å². The van der Waals surface area contributed by atoms with E-state index in [0.29, 0.717) is 5.56 Å². The molecule has 1 aromatic carbocycles. The molecule has 0 fully saturated rings. The van der Waals surface area contributed by atoms with Crippen LogP contribution in [0, 0.1) is 11.2 Å². The van der Waals surface area contributed by atoms with E-state index in [4.69, 9.17) is 10.8 Å². The third-order valence-corrected chi connectivity index (χ3v) is 2.80. The molecule has 4 N–H and O–H groups in total. The normalized spacial score (nSPS) is 14.9. The number of carboxylic acid groups (broad SMARTS) is 1. The maximum Gasteiger partial charge on any atom is 0.404 e. The Kier molecular flexibility index (Phi) is 4.29. The van der Waals surface area contributed by atoms with Gasteiger partial charge in [-0.2, -0.15) is 0 Å². The molecule has 1 aromatic rings. The van der Waals surface area contributed by atoms with E-state index in [1.807, 2.05) is 20.8 Å². The summed E-state index contributed by atoms with van der Waals surface area (Å²) in [6.45, 7) is 5.65. The van der Waals surface area contributed by atoms with Gasteiger partial charge in [0.05, 0.1) is 12.1 Å². The summed E-state index contributed by atoms with van der Waals surface area (Å²) in [7, 11) is 0. The first-order valence-electron chi connectivity index (χ1n) is 5.72. The summed E-state index contributed by atoms with van der Waals surface area (Å²) in [5, 5.41) is 11.3. The molecular formula is C13H19FN2O2. The highest BCUT2D eigenvalue weighted by molar-refractivity contribution is 5.65. The van der Waals surface area contributed by atoms with Gasteiger partial charge in [0.25, 0.3) is 0 Å². The van der Waals surface area contributed by atoms with Gasteiger partial charge in [-0.3, -0.25) is 0 Å². The molecule has 0 aliphatic carbocycles. The molecule has 0 saturated carbocycles. The second-order valence-corrected chi connectivity index (χ2v) is 5.37. The van der Waals surface area contributed by atoms with Crippen LogP contribution in [0.1, 0.15) is 32.4 Å². The average molecular weight is 254 g/mol. The van der Waals surface area contributed by atoms with Crippen molar-refractivity contribution in [2.24, 2.45) is 11.1 Å². The summed E-state index contributed by atoms with van der Waals surface area (Å²) < 4.78 is 13.2. The molecule has 0 aliphatic rings. The summed E-state index contributed by atoms with van der Waals surface area (Å²) in [4.78, 5) is 10.8. The van der Waals surface area contributed by atoms with E-state index in [1.54, 1.807) is 12.1 Å². The zero-order valence-electron chi connectivity index (χ0n) is 10.8. The topological polar surface area (TPSA) is 75.3 Å². The predicted molar refractivity (Wildman–Crippen MR) is 67.7 cm³/mol. The molecule has 1 amide bonds. The van der Waals surface area contributed by atoms with Crippen LogP contribution in [0.5, 0.6) is 0 Å². The molecule has 0 saturated heterocycles. The number of rotatable bonds is 3. The molecule has 4 nitrogen and oxygen atoms in total. The lowest BCUT2D eigenvalue weighted by Gasteiger charge is -2.35. The second kappa shape index (κ2) is 5.35. The number of carbonyl (C=O) groups is 1. The van der Waals surface area contributed by atoms with E-state index in [0.717, 1.165) is 0 Å². The first-order valence-corrected chi connectivity index (χ1v) is 5.72. The summed E-state index contributed by atoms with van der Waals surface area (Å²) >= 11 is 0. The number of hydrogen-bond donors (Lipinski definition) is 3. The van der Waals surface area contributed by atoms with Gasteiger partial charge in [-0.05, 0) is 23.1 Å². The van der Waals surface area contributed by atoms with Crippen LogP contribution in [0.15, 0.2) is 24.3 Å². The summed E-state index contributed by atoms with van der Waals surface area (Å²) in [5.74, 6) is -0.383. The molecule has 5 heteroatoms. The van der Waals surface area contributed by atoms with Gasteiger partial charge in [-0.15, -0.1) is 0 Å². The predicted octanol–water partition coefficient (Wildman–Crippen LogP) is 2.51. The monoisotopic (exact) mass is 254 g/mol. The van der Waals surface area contributed by atoms with Gasteiger partial charge < -0.3 is 16.2 Å². The Balaban J connectivity index is 3.02. The fourth-order valence-corrected chi connectivity index (χ4v) is 1.88. The molecule has 0 aliphatic heterocycles. The number of amides is 1. The molecule has 0 bridgehead atoms. The number of nitrogens with one attached hydrogen (secondary N) is 1. The van der Waals surface area contributed by atoms with E-state index in [9.17, 15) is 9.18 Å². The van der Waals surface area contributed by atoms with Crippen LogP contribution >= 0.6 is 0 Å². The van der Waals surface area contributed by atoms with Crippen molar-refractivity contribution in [2.75, 3.05) is 0 Å². The van der Waals surface area contributed by atoms with Gasteiger partial charge in [0.15, 0.2) is 0 Å². The van der Waals surface area contributed by atoms with Gasteiger partial charge >= 0.3 is 6.09 Å². The van der Waals surface area contributed by atoms with Crippen LogP contribution in [0.25, 0.3) is 0 Å². The van der Waals surface area contributed by atoms with Crippen LogP contribution in [-0.4, -0.2) is 17.2 Å². The Bertz CT molecular complexity index is 429. The van der Waals surface area contributed by atoms with Crippen LogP contribution in [0.2, 0.25) is 0 Å². The minimum Gasteiger partial charge on any atom is -0.465 e. The van der Waals surface area contributed by atoms with Gasteiger partial charge in [-0.1, -0.05) is 32.9 Å². The molecule has 1 rings (SSSR count). The van der Waals surface area contributed by atoms with E-state index in [2.05, 4.69) is 5.32 Å². The first kappa shape index (κ1) is 14.4. The fraction of sp³-hybridized carbons (Fsp3) is 0.462. The van der Waals surface area contributed by atoms with Crippen molar-refractivity contribution < 1.29 is 14.3 Å². The van der Waals surface area contributed by atoms with Crippen molar-refractivity contribution >= 4 is 6.09 Å². The highest BCUT2D eigenvalue weighted by Crippen LogP contribution is 2.28. The van der Waals surface area contributed by atoms with Crippen LogP contribution in [-0.2, 0) is 0 Å². The molecule has 0 heterocycles. The van der Waals surface area contributed by atoms with E-state index < -0.39 is 18.2 Å². The van der Waals surface area contributed by atoms with Gasteiger partial charge in [-0.25, -0.2) is 9.18 Å². The third-order valence-electron chi connectivity index (χ3n) is 2.80. The molecule has 0 radical (unpaired) electrons. The Hall–Kier alpha value is -1.62. The Morgan fingerprint density at radius 1 is 1.44 bits per heavy atom. The lowest BCUT2D eigenvalue weighted by Crippen LogP contribution is -2.49. The molecule has 2 atom stereocenters. The molecule has 18 heavy (non-hydrogen) atoms. The van der Waals surface area contributed by atoms with Crippen LogP contribution in [0.3, 0.4) is 0 Å². The lowest BCUT2D eigenvalue weighted by atomic mass is 9.80. The average Bonchev–Trinajstić information content (AvgIpc) is 2.23. The Labute approximate surface area is 106 Å². The van der Waals surface area contributed by atoms with Crippen molar-refractivity contribution in [2.45, 2.75) is 32.9 Å². The highest BCUT2D eigenvalue weighted by atomic mass is 19.1. The summed E-state index contributed by atoms with van der Waals surface area (Å²) in [5.41, 5.74) is 6.25. The van der Waals surface area contributed by atoms with E-state index in [-0.39, 0.29) is 11.2 Å². The molecule has 2 unspecified atom stereocenters. The van der Waals surface area contributed by atoms with E-state index >= 15 is 0 Å². The smallest absolute Gasteiger partial charge is 0.404 e. The van der Waals surface area contributed by atoms with Crippen LogP contribution < -0.4 is 11.1 Å². The molecule has 100 valence electrons. The Morgan fingerprint density at radius 3 is 2.50 bits per heavy atom. The van der Waals surface area contributed by atoms with Crippen molar-refractivity contribution in [3.05, 3.63) is 35.6 Å². The molecule has 0 spiro atoms. The largest absolute Gasteiger partial charge is 0.465 e. The minimum atomic E-state index is -1.14. The van der Waals surface area contributed by atoms with Gasteiger partial charge in [0.1, 0.15) is 5.82 Å². The van der Waals surface area contributed by atoms with Crippen LogP contribution in [0.4, 0.5) is 9.18 Å². The second-order valence-electron chi connectivity index (χ2n) is 5.37. The lowest BCUT2D eigenvalue weighted by molar-refractivity contribution is 0.166. The van der Waals surface area contributed by atoms with Crippen molar-refractivity contribution in [3.8, 4) is 0 Å². The highest BCUT2D eigenvalue weighted by Gasteiger charge is 2.32. The standard InChI is InChI=1S/C13H19FN2O2/c1-13(2,3)11(16-12(17)18)10(15)8-5-4-6-9(14)7-8/h4-7,10-11,16H,15H2,1-3H3,(H,17,18). The molecular weight excluding hydrogens is 235 g/mol. The van der Waals surface area contributed by atoms with E-state index in [1.165, 1.54) is 12.1 Å². The fourth-order valence-electron chi connectivity index (χ4n) is 1.88. The summed E-state index contributed by atoms with van der Waals surface area (Å²) in [6.07, 6.45) is -1.14.